The minimum absolute atomic E-state index is 0.649. The van der Waals surface area contributed by atoms with Crippen LogP contribution in [-0.2, 0) is 0 Å². The van der Waals surface area contributed by atoms with Gasteiger partial charge in [-0.3, -0.25) is 0 Å². The average Bonchev–Trinajstić information content (AvgIpc) is 2.39. The van der Waals surface area contributed by atoms with Crippen LogP contribution in [0.15, 0.2) is 24.9 Å². The Morgan fingerprint density at radius 1 is 1.18 bits per heavy atom. The second kappa shape index (κ2) is 5.34. The van der Waals surface area contributed by atoms with E-state index in [1.165, 1.54) is 6.33 Å². The van der Waals surface area contributed by atoms with Crippen LogP contribution in [0.2, 0.25) is 0 Å². The van der Waals surface area contributed by atoms with E-state index in [0.717, 1.165) is 29.8 Å². The van der Waals surface area contributed by atoms with Crippen LogP contribution >= 0.6 is 0 Å². The lowest BCUT2D eigenvalue weighted by molar-refractivity contribution is 0.950. The quantitative estimate of drug-likeness (QED) is 0.869. The fourth-order valence-corrected chi connectivity index (χ4v) is 1.48. The van der Waals surface area contributed by atoms with Gasteiger partial charge in [0.15, 0.2) is 0 Å². The molecule has 0 saturated heterocycles. The monoisotopic (exact) mass is 229 g/mol. The summed E-state index contributed by atoms with van der Waals surface area (Å²) in [6.07, 6.45) is 7.88. The van der Waals surface area contributed by atoms with E-state index in [-0.39, 0.29) is 0 Å². The number of rotatable bonds is 4. The first-order valence-corrected chi connectivity index (χ1v) is 5.64. The van der Waals surface area contributed by atoms with Gasteiger partial charge in [0.25, 0.3) is 0 Å². The van der Waals surface area contributed by atoms with Crippen molar-refractivity contribution in [3.8, 4) is 11.3 Å². The molecule has 88 valence electrons. The van der Waals surface area contributed by atoms with Crippen molar-refractivity contribution in [2.45, 2.75) is 20.3 Å². The zero-order valence-electron chi connectivity index (χ0n) is 10.0. The number of nitrogens with one attached hydrogen (secondary N) is 1. The van der Waals surface area contributed by atoms with Gasteiger partial charge in [-0.2, -0.15) is 0 Å². The first-order valence-electron chi connectivity index (χ1n) is 5.64. The van der Waals surface area contributed by atoms with E-state index >= 15 is 0 Å². The predicted octanol–water partition coefficient (Wildman–Crippen LogP) is 2.06. The smallest absolute Gasteiger partial charge is 0.223 e. The van der Waals surface area contributed by atoms with Crippen LogP contribution in [0.25, 0.3) is 11.3 Å². The molecule has 2 heterocycles. The predicted molar refractivity (Wildman–Crippen MR) is 66.6 cm³/mol. The highest BCUT2D eigenvalue weighted by molar-refractivity contribution is 5.61. The second-order valence-corrected chi connectivity index (χ2v) is 3.78. The van der Waals surface area contributed by atoms with Gasteiger partial charge in [0.2, 0.25) is 5.95 Å². The third kappa shape index (κ3) is 2.75. The highest BCUT2D eigenvalue weighted by atomic mass is 15.1. The third-order valence-corrected chi connectivity index (χ3v) is 2.34. The molecule has 0 aromatic carbocycles. The Kier molecular flexibility index (Phi) is 3.59. The number of anilines is 1. The Morgan fingerprint density at radius 2 is 1.94 bits per heavy atom. The minimum atomic E-state index is 0.649. The molecule has 0 spiro atoms. The van der Waals surface area contributed by atoms with E-state index < -0.39 is 0 Å². The molecule has 0 aliphatic heterocycles. The largest absolute Gasteiger partial charge is 0.354 e. The van der Waals surface area contributed by atoms with Gasteiger partial charge in [0.05, 0.1) is 5.69 Å². The van der Waals surface area contributed by atoms with Crippen molar-refractivity contribution in [3.63, 3.8) is 0 Å². The second-order valence-electron chi connectivity index (χ2n) is 3.78. The molecule has 0 amide bonds. The van der Waals surface area contributed by atoms with E-state index in [9.17, 15) is 0 Å². The fourth-order valence-electron chi connectivity index (χ4n) is 1.48. The minimum Gasteiger partial charge on any atom is -0.354 e. The van der Waals surface area contributed by atoms with E-state index in [1.54, 1.807) is 12.4 Å². The summed E-state index contributed by atoms with van der Waals surface area (Å²) >= 11 is 0. The number of hydrogen-bond donors (Lipinski definition) is 1. The normalized spacial score (nSPS) is 10.2. The van der Waals surface area contributed by atoms with Gasteiger partial charge in [-0.1, -0.05) is 6.92 Å². The van der Waals surface area contributed by atoms with Crippen molar-refractivity contribution in [2.24, 2.45) is 0 Å². The Bertz CT molecular complexity index is 484. The van der Waals surface area contributed by atoms with Crippen molar-refractivity contribution in [3.05, 3.63) is 30.5 Å². The van der Waals surface area contributed by atoms with Crippen molar-refractivity contribution in [1.82, 2.24) is 19.9 Å². The molecule has 2 rings (SSSR count). The molecule has 0 aliphatic carbocycles. The topological polar surface area (TPSA) is 63.6 Å². The molecule has 0 unspecified atom stereocenters. The first kappa shape index (κ1) is 11.4. The molecular formula is C12H15N5. The van der Waals surface area contributed by atoms with E-state index in [1.807, 2.05) is 13.1 Å². The lowest BCUT2D eigenvalue weighted by Crippen LogP contribution is -2.05. The van der Waals surface area contributed by atoms with Gasteiger partial charge < -0.3 is 5.32 Å². The van der Waals surface area contributed by atoms with Crippen LogP contribution in [0.4, 0.5) is 5.95 Å². The zero-order chi connectivity index (χ0) is 12.1. The maximum absolute atomic E-state index is 4.48. The van der Waals surface area contributed by atoms with Crippen molar-refractivity contribution < 1.29 is 0 Å². The Labute approximate surface area is 100 Å². The molecule has 0 fully saturated rings. The molecular weight excluding hydrogens is 214 g/mol. The molecule has 0 bridgehead atoms. The van der Waals surface area contributed by atoms with E-state index in [4.69, 9.17) is 0 Å². The van der Waals surface area contributed by atoms with Gasteiger partial charge in [0, 0.05) is 30.7 Å². The lowest BCUT2D eigenvalue weighted by atomic mass is 10.1. The Hall–Kier alpha value is -2.04. The number of aromatic nitrogens is 4. The number of nitrogens with zero attached hydrogens (tertiary/aromatic N) is 4. The van der Waals surface area contributed by atoms with E-state index in [2.05, 4.69) is 32.2 Å². The highest BCUT2D eigenvalue weighted by Gasteiger charge is 2.06. The zero-order valence-corrected chi connectivity index (χ0v) is 10.0. The van der Waals surface area contributed by atoms with Gasteiger partial charge in [-0.15, -0.1) is 0 Å². The summed E-state index contributed by atoms with van der Waals surface area (Å²) in [6, 6.07) is 0. The van der Waals surface area contributed by atoms with Crippen molar-refractivity contribution in [1.29, 1.82) is 0 Å². The molecule has 0 atom stereocenters. The summed E-state index contributed by atoms with van der Waals surface area (Å²) in [5.74, 6) is 0.649. The standard InChI is InChI=1S/C12H15N5/c1-3-4-15-12-16-5-9(2)11(17-12)10-6-13-8-14-7-10/h5-8H,3-4H2,1-2H3,(H,15,16,17). The van der Waals surface area contributed by atoms with Gasteiger partial charge in [-0.25, -0.2) is 19.9 Å². The van der Waals surface area contributed by atoms with Gasteiger partial charge in [-0.05, 0) is 18.9 Å². The van der Waals surface area contributed by atoms with Crippen LogP contribution in [0.5, 0.6) is 0 Å². The Balaban J connectivity index is 2.33. The van der Waals surface area contributed by atoms with Crippen LogP contribution < -0.4 is 5.32 Å². The van der Waals surface area contributed by atoms with Gasteiger partial charge in [0.1, 0.15) is 6.33 Å². The lowest BCUT2D eigenvalue weighted by Gasteiger charge is -2.07. The van der Waals surface area contributed by atoms with Gasteiger partial charge >= 0.3 is 0 Å². The molecule has 5 heteroatoms. The summed E-state index contributed by atoms with van der Waals surface area (Å²) in [6.45, 7) is 4.95. The summed E-state index contributed by atoms with van der Waals surface area (Å²) in [4.78, 5) is 16.7. The SMILES string of the molecule is CCCNc1ncc(C)c(-c2cncnc2)n1. The van der Waals surface area contributed by atoms with Crippen molar-refractivity contribution in [2.75, 3.05) is 11.9 Å². The molecule has 5 nitrogen and oxygen atoms in total. The summed E-state index contributed by atoms with van der Waals surface area (Å²) in [7, 11) is 0. The first-order chi connectivity index (χ1) is 8.31. The Morgan fingerprint density at radius 3 is 2.65 bits per heavy atom. The molecule has 1 N–H and O–H groups in total. The molecule has 0 radical (unpaired) electrons. The summed E-state index contributed by atoms with van der Waals surface area (Å²) < 4.78 is 0. The van der Waals surface area contributed by atoms with Crippen molar-refractivity contribution >= 4 is 5.95 Å². The van der Waals surface area contributed by atoms with Crippen LogP contribution in [-0.4, -0.2) is 26.5 Å². The molecule has 2 aromatic rings. The number of aryl methyl sites for hydroxylation is 1. The fraction of sp³-hybridized carbons (Fsp3) is 0.333. The molecule has 0 aliphatic rings. The molecule has 0 saturated carbocycles. The third-order valence-electron chi connectivity index (χ3n) is 2.34. The average molecular weight is 229 g/mol. The molecule has 2 aromatic heterocycles. The number of hydrogen-bond acceptors (Lipinski definition) is 5. The van der Waals surface area contributed by atoms with E-state index in [0.29, 0.717) is 5.95 Å². The maximum Gasteiger partial charge on any atom is 0.223 e. The highest BCUT2D eigenvalue weighted by Crippen LogP contribution is 2.19. The maximum atomic E-state index is 4.48. The van der Waals surface area contributed by atoms with Crippen LogP contribution in [0.1, 0.15) is 18.9 Å². The molecule has 17 heavy (non-hydrogen) atoms. The van der Waals surface area contributed by atoms with Crippen LogP contribution in [0, 0.1) is 6.92 Å². The summed E-state index contributed by atoms with van der Waals surface area (Å²) in [5.41, 5.74) is 2.80. The summed E-state index contributed by atoms with van der Waals surface area (Å²) in [5, 5.41) is 3.17. The van der Waals surface area contributed by atoms with Crippen LogP contribution in [0.3, 0.4) is 0 Å².